The van der Waals surface area contributed by atoms with E-state index in [1.807, 2.05) is 6.07 Å². The van der Waals surface area contributed by atoms with Crippen molar-refractivity contribution in [3.8, 4) is 11.3 Å². The smallest absolute Gasteiger partial charge is 0.261 e. The second-order valence-corrected chi connectivity index (χ2v) is 8.82. The van der Waals surface area contributed by atoms with Gasteiger partial charge in [0, 0.05) is 47.8 Å². The first-order valence-electron chi connectivity index (χ1n) is 10.7. The molecule has 5 heterocycles. The second kappa shape index (κ2) is 8.33. The monoisotopic (exact) mass is 446 g/mol. The van der Waals surface area contributed by atoms with Crippen LogP contribution in [0.2, 0.25) is 5.02 Å². The Hall–Kier alpha value is -2.29. The molecule has 2 saturated heterocycles. The minimum Gasteiger partial charge on any atom is -0.368 e. The maximum absolute atomic E-state index is 13.4. The summed E-state index contributed by atoms with van der Waals surface area (Å²) in [5.41, 5.74) is 3.56. The highest BCUT2D eigenvalue weighted by Crippen LogP contribution is 2.35. The van der Waals surface area contributed by atoms with E-state index >= 15 is 0 Å². The fourth-order valence-electron chi connectivity index (χ4n) is 4.51. The molecule has 1 atom stereocenters. The van der Waals surface area contributed by atoms with E-state index in [1.54, 1.807) is 18.3 Å². The number of hydrogen-bond donors (Lipinski definition) is 4. The van der Waals surface area contributed by atoms with Gasteiger partial charge in [-0.2, -0.15) is 0 Å². The number of nitrogens with one attached hydrogen (secondary N) is 4. The molecule has 0 aromatic carbocycles. The van der Waals surface area contributed by atoms with Gasteiger partial charge in [0.15, 0.2) is 0 Å². The molecule has 2 fully saturated rings. The third-order valence-electron chi connectivity index (χ3n) is 6.16. The number of alkyl halides is 2. The number of fused-ring (bicyclic) bond motifs is 1. The molecule has 0 aliphatic carbocycles. The number of halogens is 3. The van der Waals surface area contributed by atoms with Gasteiger partial charge in [-0.1, -0.05) is 11.6 Å². The van der Waals surface area contributed by atoms with Crippen molar-refractivity contribution in [3.05, 3.63) is 41.2 Å². The summed E-state index contributed by atoms with van der Waals surface area (Å²) < 4.78 is 26.8. The molecule has 3 aromatic heterocycles. The van der Waals surface area contributed by atoms with E-state index in [2.05, 4.69) is 32.0 Å². The summed E-state index contributed by atoms with van der Waals surface area (Å²) >= 11 is 6.51. The Balaban J connectivity index is 1.41. The van der Waals surface area contributed by atoms with Gasteiger partial charge in [-0.25, -0.2) is 18.7 Å². The average molecular weight is 447 g/mol. The van der Waals surface area contributed by atoms with Crippen LogP contribution in [-0.4, -0.2) is 53.1 Å². The summed E-state index contributed by atoms with van der Waals surface area (Å²) in [5.74, 6) is -1.55. The summed E-state index contributed by atoms with van der Waals surface area (Å²) in [6.45, 7) is 2.13. The molecule has 0 spiro atoms. The number of piperidine rings is 1. The third kappa shape index (κ3) is 4.37. The van der Waals surface area contributed by atoms with Gasteiger partial charge >= 0.3 is 0 Å². The van der Waals surface area contributed by atoms with Gasteiger partial charge in [-0.05, 0) is 50.2 Å². The van der Waals surface area contributed by atoms with Gasteiger partial charge in [-0.15, -0.1) is 0 Å². The lowest BCUT2D eigenvalue weighted by Crippen LogP contribution is -2.29. The maximum atomic E-state index is 13.4. The minimum atomic E-state index is -2.64. The van der Waals surface area contributed by atoms with Gasteiger partial charge in [0.1, 0.15) is 11.5 Å². The van der Waals surface area contributed by atoms with Crippen LogP contribution in [0.1, 0.15) is 30.9 Å². The van der Waals surface area contributed by atoms with Crippen LogP contribution in [0.4, 0.5) is 14.6 Å². The topological polar surface area (TPSA) is 77.7 Å². The van der Waals surface area contributed by atoms with Crippen molar-refractivity contribution in [1.82, 2.24) is 25.6 Å². The summed E-state index contributed by atoms with van der Waals surface area (Å²) in [5, 5.41) is 10.9. The lowest BCUT2D eigenvalue weighted by atomic mass is 9.94. The molecule has 164 valence electrons. The molecule has 0 radical (unpaired) electrons. The zero-order chi connectivity index (χ0) is 21.4. The van der Waals surface area contributed by atoms with Gasteiger partial charge in [0.2, 0.25) is 0 Å². The zero-order valence-electron chi connectivity index (χ0n) is 17.0. The largest absolute Gasteiger partial charge is 0.368 e. The average Bonchev–Trinajstić information content (AvgIpc) is 3.36. The lowest BCUT2D eigenvalue weighted by molar-refractivity contribution is 0.0214. The van der Waals surface area contributed by atoms with E-state index in [1.165, 1.54) is 5.69 Å². The van der Waals surface area contributed by atoms with E-state index in [9.17, 15) is 8.78 Å². The molecular weight excluding hydrogens is 422 g/mol. The lowest BCUT2D eigenvalue weighted by Gasteiger charge is -2.21. The molecule has 31 heavy (non-hydrogen) atoms. The molecule has 0 unspecified atom stereocenters. The zero-order valence-corrected chi connectivity index (χ0v) is 17.8. The number of anilines is 1. The normalized spacial score (nSPS) is 21.6. The molecule has 5 rings (SSSR count). The van der Waals surface area contributed by atoms with Crippen LogP contribution in [-0.2, 0) is 0 Å². The predicted molar refractivity (Wildman–Crippen MR) is 119 cm³/mol. The van der Waals surface area contributed by atoms with E-state index in [4.69, 9.17) is 16.6 Å². The number of aromatic amines is 1. The number of H-pyrrole nitrogens is 1. The Morgan fingerprint density at radius 2 is 2.03 bits per heavy atom. The molecule has 0 bridgehead atoms. The van der Waals surface area contributed by atoms with Crippen molar-refractivity contribution < 1.29 is 8.78 Å². The first-order chi connectivity index (χ1) is 15.0. The standard InChI is InChI=1S/C22H25ClF2N6/c23-17-1-2-19(28-11-14-10-22(24,25)12-29-14)31-20(17)15-5-8-27-21-16(15)9-18(30-21)13-3-6-26-7-4-13/h1-2,5,8-9,13-14,26,29H,3-4,6-7,10-12H2,(H,27,30)(H,28,31)/t14-/m0/s1. The Bertz CT molecular complexity index is 1080. The third-order valence-corrected chi connectivity index (χ3v) is 6.46. The van der Waals surface area contributed by atoms with Crippen LogP contribution in [0.15, 0.2) is 30.5 Å². The minimum absolute atomic E-state index is 0.172. The number of hydrogen-bond acceptors (Lipinski definition) is 5. The fraction of sp³-hybridized carbons (Fsp3) is 0.455. The van der Waals surface area contributed by atoms with Crippen molar-refractivity contribution in [2.75, 3.05) is 31.5 Å². The Kier molecular flexibility index (Phi) is 5.54. The van der Waals surface area contributed by atoms with Gasteiger partial charge in [-0.3, -0.25) is 0 Å². The van der Waals surface area contributed by atoms with Crippen molar-refractivity contribution >= 4 is 28.5 Å². The molecular formula is C22H25ClF2N6. The Morgan fingerprint density at radius 1 is 1.19 bits per heavy atom. The first kappa shape index (κ1) is 20.6. The number of nitrogens with zero attached hydrogens (tertiary/aromatic N) is 2. The van der Waals surface area contributed by atoms with Crippen LogP contribution in [0.3, 0.4) is 0 Å². The van der Waals surface area contributed by atoms with Crippen molar-refractivity contribution in [2.45, 2.75) is 37.1 Å². The summed E-state index contributed by atoms with van der Waals surface area (Å²) in [7, 11) is 0. The van der Waals surface area contributed by atoms with E-state index in [0.717, 1.165) is 42.5 Å². The summed E-state index contributed by atoms with van der Waals surface area (Å²) in [6, 6.07) is 7.35. The van der Waals surface area contributed by atoms with E-state index in [0.29, 0.717) is 29.0 Å². The quantitative estimate of drug-likeness (QED) is 0.473. The van der Waals surface area contributed by atoms with Crippen LogP contribution < -0.4 is 16.0 Å². The van der Waals surface area contributed by atoms with Crippen LogP contribution in [0.25, 0.3) is 22.3 Å². The molecule has 3 aromatic rings. The van der Waals surface area contributed by atoms with Gasteiger partial charge in [0.05, 0.1) is 17.3 Å². The summed E-state index contributed by atoms with van der Waals surface area (Å²) in [6.07, 6.45) is 3.76. The Morgan fingerprint density at radius 3 is 2.81 bits per heavy atom. The van der Waals surface area contributed by atoms with E-state index in [-0.39, 0.29) is 19.0 Å². The van der Waals surface area contributed by atoms with Crippen molar-refractivity contribution in [1.29, 1.82) is 0 Å². The number of pyridine rings is 2. The van der Waals surface area contributed by atoms with Gasteiger partial charge in [0.25, 0.3) is 5.92 Å². The van der Waals surface area contributed by atoms with Crippen LogP contribution in [0, 0.1) is 0 Å². The SMILES string of the molecule is FC1(F)CN[C@H](CNc2ccc(Cl)c(-c3ccnc4[nH]c(C5CCNCC5)cc34)n2)C1. The summed E-state index contributed by atoms with van der Waals surface area (Å²) in [4.78, 5) is 12.7. The highest BCUT2D eigenvalue weighted by atomic mass is 35.5. The van der Waals surface area contributed by atoms with Crippen molar-refractivity contribution in [2.24, 2.45) is 0 Å². The molecule has 2 aliphatic rings. The molecule has 2 aliphatic heterocycles. The molecule has 0 amide bonds. The van der Waals surface area contributed by atoms with Crippen LogP contribution in [0.5, 0.6) is 0 Å². The Labute approximate surface area is 184 Å². The second-order valence-electron chi connectivity index (χ2n) is 8.42. The molecule has 0 saturated carbocycles. The highest BCUT2D eigenvalue weighted by molar-refractivity contribution is 6.33. The fourth-order valence-corrected chi connectivity index (χ4v) is 4.71. The number of aromatic nitrogens is 3. The van der Waals surface area contributed by atoms with Gasteiger partial charge < -0.3 is 20.9 Å². The highest BCUT2D eigenvalue weighted by Gasteiger charge is 2.38. The van der Waals surface area contributed by atoms with Crippen molar-refractivity contribution in [3.63, 3.8) is 0 Å². The molecule has 6 nitrogen and oxygen atoms in total. The maximum Gasteiger partial charge on any atom is 0.261 e. The van der Waals surface area contributed by atoms with E-state index < -0.39 is 5.92 Å². The number of rotatable bonds is 5. The first-order valence-corrected chi connectivity index (χ1v) is 11.1. The predicted octanol–water partition coefficient (Wildman–Crippen LogP) is 4.15. The van der Waals surface area contributed by atoms with Crippen LogP contribution >= 0.6 is 11.6 Å². The molecule has 4 N–H and O–H groups in total. The molecule has 9 heteroatoms.